The van der Waals surface area contributed by atoms with E-state index in [1.54, 1.807) is 13.8 Å². The summed E-state index contributed by atoms with van der Waals surface area (Å²) in [6, 6.07) is 0. The van der Waals surface area contributed by atoms with E-state index < -0.39 is 58.6 Å². The maximum Gasteiger partial charge on any atom is 0.333 e. The van der Waals surface area contributed by atoms with Crippen molar-refractivity contribution < 1.29 is 47.8 Å². The van der Waals surface area contributed by atoms with Crippen LogP contribution in [0.2, 0.25) is 0 Å². The average molecular weight is 885 g/mol. The van der Waals surface area contributed by atoms with Crippen molar-refractivity contribution in [1.29, 1.82) is 0 Å². The third kappa shape index (κ3) is 12.0. The van der Waals surface area contributed by atoms with Crippen molar-refractivity contribution in [3.8, 4) is 0 Å². The maximum absolute atomic E-state index is 14.1. The number of esters is 2. The maximum atomic E-state index is 14.1. The predicted octanol–water partition coefficient (Wildman–Crippen LogP) is 7.96. The molecule has 0 aromatic heterocycles. The van der Waals surface area contributed by atoms with Crippen LogP contribution < -0.4 is 10.6 Å². The minimum absolute atomic E-state index is 0.0793. The van der Waals surface area contributed by atoms with Gasteiger partial charge in [0.1, 0.15) is 24.8 Å². The number of hydrogen-bond donors (Lipinski definition) is 2. The highest BCUT2D eigenvalue weighted by atomic mass is 16.5. The van der Waals surface area contributed by atoms with E-state index in [1.807, 2.05) is 26.0 Å². The summed E-state index contributed by atoms with van der Waals surface area (Å²) in [4.78, 5) is 105. The van der Waals surface area contributed by atoms with Crippen LogP contribution in [0.25, 0.3) is 0 Å². The van der Waals surface area contributed by atoms with Gasteiger partial charge < -0.3 is 20.1 Å². The fourth-order valence-electron chi connectivity index (χ4n) is 10.5. The Hall–Kier alpha value is -5.00. The van der Waals surface area contributed by atoms with Gasteiger partial charge in [0.15, 0.2) is 11.6 Å². The van der Waals surface area contributed by atoms with Crippen LogP contribution >= 0.6 is 0 Å². The van der Waals surface area contributed by atoms with Gasteiger partial charge in [-0.25, -0.2) is 9.59 Å². The van der Waals surface area contributed by atoms with Gasteiger partial charge in [0, 0.05) is 46.9 Å². The number of hydrogen-bond acceptors (Lipinski definition) is 10. The molecular formula is C52H72N2O10. The smallest absolute Gasteiger partial charge is 0.333 e. The zero-order valence-corrected chi connectivity index (χ0v) is 39.5. The van der Waals surface area contributed by atoms with Crippen LogP contribution in [0.15, 0.2) is 70.9 Å². The number of ether oxygens (including phenoxy) is 2. The van der Waals surface area contributed by atoms with Gasteiger partial charge >= 0.3 is 11.9 Å². The fraction of sp³-hybridized carbons (Fsp3) is 0.615. The molecule has 2 fully saturated rings. The van der Waals surface area contributed by atoms with E-state index in [0.29, 0.717) is 60.5 Å². The van der Waals surface area contributed by atoms with E-state index in [1.165, 1.54) is 12.2 Å². The molecule has 0 spiro atoms. The molecule has 2 N–H and O–H groups in total. The van der Waals surface area contributed by atoms with Crippen LogP contribution in [0.4, 0.5) is 0 Å². The summed E-state index contributed by atoms with van der Waals surface area (Å²) in [5.41, 5.74) is 0.375. The Morgan fingerprint density at radius 3 is 1.38 bits per heavy atom. The Kier molecular flexibility index (Phi) is 18.4. The Morgan fingerprint density at radius 2 is 1.05 bits per heavy atom. The molecule has 2 unspecified atom stereocenters. The number of allylic oxidation sites excluding steroid dienone is 6. The lowest BCUT2D eigenvalue weighted by atomic mass is 9.56. The first kappa shape index (κ1) is 51.6. The quantitative estimate of drug-likeness (QED) is 0.0497. The molecule has 350 valence electrons. The molecule has 2 amide bonds. The molecule has 4 aliphatic carbocycles. The summed E-state index contributed by atoms with van der Waals surface area (Å²) < 4.78 is 12.1. The molecule has 0 aromatic rings. The third-order valence-corrected chi connectivity index (χ3v) is 14.3. The molecule has 0 bridgehead atoms. The summed E-state index contributed by atoms with van der Waals surface area (Å²) in [5.74, 6) is -4.76. The van der Waals surface area contributed by atoms with Crippen LogP contribution in [-0.4, -0.2) is 73.2 Å². The van der Waals surface area contributed by atoms with Gasteiger partial charge in [-0.2, -0.15) is 0 Å². The molecule has 12 nitrogen and oxygen atoms in total. The number of amides is 2. The first-order valence-electron chi connectivity index (χ1n) is 23.4. The highest BCUT2D eigenvalue weighted by Crippen LogP contribution is 2.55. The summed E-state index contributed by atoms with van der Waals surface area (Å²) in [7, 11) is 0. The van der Waals surface area contributed by atoms with E-state index in [-0.39, 0.29) is 72.3 Å². The fourth-order valence-corrected chi connectivity index (χ4v) is 10.5. The van der Waals surface area contributed by atoms with Gasteiger partial charge in [0.2, 0.25) is 11.8 Å². The zero-order valence-electron chi connectivity index (χ0n) is 39.5. The molecule has 4 aliphatic rings. The van der Waals surface area contributed by atoms with Crippen LogP contribution in [-0.2, 0) is 47.8 Å². The number of carbonyl (C=O) groups is 8. The number of nitrogens with one attached hydrogen (secondary N) is 2. The zero-order chi connectivity index (χ0) is 47.5. The van der Waals surface area contributed by atoms with Crippen molar-refractivity contribution in [2.75, 3.05) is 13.1 Å². The molecule has 0 aromatic carbocycles. The van der Waals surface area contributed by atoms with E-state index >= 15 is 0 Å². The van der Waals surface area contributed by atoms with Crippen LogP contribution in [0, 0.1) is 46.3 Å². The third-order valence-electron chi connectivity index (χ3n) is 14.3. The van der Waals surface area contributed by atoms with Gasteiger partial charge in [-0.3, -0.25) is 28.8 Å². The van der Waals surface area contributed by atoms with Gasteiger partial charge in [-0.05, 0) is 111 Å². The lowest BCUT2D eigenvalue weighted by molar-refractivity contribution is -0.148. The topological polar surface area (TPSA) is 179 Å². The van der Waals surface area contributed by atoms with Crippen LogP contribution in [0.3, 0.4) is 0 Å². The Morgan fingerprint density at radius 1 is 0.688 bits per heavy atom. The highest BCUT2D eigenvalue weighted by Gasteiger charge is 2.54. The lowest BCUT2D eigenvalue weighted by Crippen LogP contribution is -2.53. The molecule has 4 rings (SSSR count). The van der Waals surface area contributed by atoms with Gasteiger partial charge in [-0.15, -0.1) is 0 Å². The summed E-state index contributed by atoms with van der Waals surface area (Å²) in [6.45, 7) is 23.3. The highest BCUT2D eigenvalue weighted by molar-refractivity contribution is 6.01. The standard InChI is InChI=1S/C52H72N2O10/c1-11-13-15-31(3)23-33(5)49(61)63-45-19-17-39(51(9)27-37(35(7)29-55)43(57)25-41(45)51)47(59)53-21-22-54-48(60)40-18-20-46(64-50(62)34(6)24-32(4)16-14-12-2)42-26-44(58)38(36(8)30-56)28-52(40,42)10/h23-26,29-32,37-40,45-46H,7-8,11-22,27-28H2,1-6,9-10H3,(H,53,59)(H,54,60)/b33-23+,34-24+/t31?,32?,37-,38-,39+,40+,45+,46+,51+,52+/m0/s1. The van der Waals surface area contributed by atoms with E-state index in [0.717, 1.165) is 38.5 Å². The van der Waals surface area contributed by atoms with Crippen molar-refractivity contribution in [2.45, 2.75) is 145 Å². The second-order valence-electron chi connectivity index (χ2n) is 19.3. The van der Waals surface area contributed by atoms with Crippen LogP contribution in [0.5, 0.6) is 0 Å². The molecule has 0 heterocycles. The summed E-state index contributed by atoms with van der Waals surface area (Å²) in [5, 5.41) is 5.94. The monoisotopic (exact) mass is 885 g/mol. The van der Waals surface area contributed by atoms with E-state index in [9.17, 15) is 38.4 Å². The molecular weight excluding hydrogens is 813 g/mol. The molecule has 12 heteroatoms. The molecule has 64 heavy (non-hydrogen) atoms. The SMILES string of the molecule is C=C(C=O)[C@@H]1C[C@@]2(C)C(=CC1=O)[C@H](OC(=O)/C(C)=C/C(C)CCCC)CC[C@@H]2C(=O)NCCNC(=O)[C@H]1CC[C@@H](OC(=O)/C(C)=C/C(C)CCCC)C2=CC(=O)[C@H](C(=C)C=O)C[C@@]21C. The van der Waals surface area contributed by atoms with Crippen molar-refractivity contribution >= 4 is 47.9 Å². The van der Waals surface area contributed by atoms with Gasteiger partial charge in [0.25, 0.3) is 0 Å². The Balaban J connectivity index is 1.47. The number of rotatable bonds is 21. The van der Waals surface area contributed by atoms with Crippen molar-refractivity contribution in [3.63, 3.8) is 0 Å². The molecule has 2 saturated carbocycles. The largest absolute Gasteiger partial charge is 0.454 e. The molecule has 0 saturated heterocycles. The first-order chi connectivity index (χ1) is 30.2. The minimum Gasteiger partial charge on any atom is -0.454 e. The Labute approximate surface area is 380 Å². The van der Waals surface area contributed by atoms with Crippen molar-refractivity contribution in [1.82, 2.24) is 10.6 Å². The van der Waals surface area contributed by atoms with Crippen LogP contribution in [0.1, 0.15) is 132 Å². The van der Waals surface area contributed by atoms with E-state index in [2.05, 4.69) is 51.5 Å². The summed E-state index contributed by atoms with van der Waals surface area (Å²) in [6.07, 6.45) is 14.0. The number of carbonyl (C=O) groups excluding carboxylic acids is 8. The molecule has 0 radical (unpaired) electrons. The van der Waals surface area contributed by atoms with Gasteiger partial charge in [-0.1, -0.05) is 92.5 Å². The molecule has 0 aliphatic heterocycles. The first-order valence-corrected chi connectivity index (χ1v) is 23.4. The lowest BCUT2D eigenvalue weighted by Gasteiger charge is -2.49. The normalized spacial score (nSPS) is 29.1. The second kappa shape index (κ2) is 22.8. The van der Waals surface area contributed by atoms with Crippen molar-refractivity contribution in [3.05, 3.63) is 70.9 Å². The number of unbranched alkanes of at least 4 members (excludes halogenated alkanes) is 2. The number of aldehydes is 2. The predicted molar refractivity (Wildman–Crippen MR) is 245 cm³/mol. The minimum atomic E-state index is -0.950. The molecule has 10 atom stereocenters. The average Bonchev–Trinajstić information content (AvgIpc) is 3.25. The van der Waals surface area contributed by atoms with Gasteiger partial charge in [0.05, 0.1) is 11.8 Å². The Bertz CT molecular complexity index is 1850. The van der Waals surface area contributed by atoms with Crippen molar-refractivity contribution in [2.24, 2.45) is 46.3 Å². The summed E-state index contributed by atoms with van der Waals surface area (Å²) >= 11 is 0. The van der Waals surface area contributed by atoms with E-state index in [4.69, 9.17) is 9.47 Å². The second-order valence-corrected chi connectivity index (χ2v) is 19.3. The number of ketones is 2. The number of fused-ring (bicyclic) bond motifs is 2.